The summed E-state index contributed by atoms with van der Waals surface area (Å²) in [5.74, 6) is 0.735. The van der Waals surface area contributed by atoms with Crippen molar-refractivity contribution in [1.82, 2.24) is 29.3 Å². The Kier molecular flexibility index (Phi) is 6.87. The van der Waals surface area contributed by atoms with Crippen LogP contribution in [0.4, 0.5) is 16.2 Å². The lowest BCUT2D eigenvalue weighted by molar-refractivity contribution is 0.510. The van der Waals surface area contributed by atoms with Crippen LogP contribution in [0.1, 0.15) is 37.9 Å². The van der Waals surface area contributed by atoms with Crippen molar-refractivity contribution in [3.8, 4) is 22.9 Å². The average molecular weight is 514 g/mol. The maximum absolute atomic E-state index is 15.1. The van der Waals surface area contributed by atoms with Gasteiger partial charge in [0.2, 0.25) is 5.95 Å². The topological polar surface area (TPSA) is 109 Å². The van der Waals surface area contributed by atoms with Crippen LogP contribution in [0.2, 0.25) is 0 Å². The molecule has 0 aliphatic carbocycles. The normalized spacial score (nSPS) is 13.7. The van der Waals surface area contributed by atoms with E-state index in [0.717, 1.165) is 12.0 Å². The molecule has 0 amide bonds. The number of anilines is 2. The molecule has 0 spiro atoms. The van der Waals surface area contributed by atoms with Gasteiger partial charge in [0.15, 0.2) is 0 Å². The summed E-state index contributed by atoms with van der Waals surface area (Å²) in [6.07, 6.45) is 7.57. The first kappa shape index (κ1) is 25.1. The van der Waals surface area contributed by atoms with E-state index in [-0.39, 0.29) is 11.7 Å². The molecule has 0 radical (unpaired) electrons. The summed E-state index contributed by atoms with van der Waals surface area (Å²) in [7, 11) is 0. The number of hydrogen-bond donors (Lipinski definition) is 0. The standard InChI is InChI=1S/C27H28FN9O/c1-4-19-14-31-26(32-15-19)35-9-7-34(8-10-35)25-21(13-29)11-22(16-30-25)20-5-6-24(23(28)12-20)36-17-33-37(18(2)3)27(36)38/h5-6,11-12,14-18H,4,7-10H2,1-3H3. The number of nitriles is 1. The molecule has 1 saturated heterocycles. The zero-order valence-electron chi connectivity index (χ0n) is 21.5. The van der Waals surface area contributed by atoms with Crippen molar-refractivity contribution < 1.29 is 4.39 Å². The number of hydrogen-bond acceptors (Lipinski definition) is 8. The summed E-state index contributed by atoms with van der Waals surface area (Å²) in [4.78, 5) is 30.3. The number of aromatic nitrogens is 6. The maximum Gasteiger partial charge on any atom is 0.350 e. The van der Waals surface area contributed by atoms with Crippen LogP contribution in [-0.4, -0.2) is 55.5 Å². The molecular formula is C27H28FN9O. The Balaban J connectivity index is 1.34. The predicted molar refractivity (Wildman–Crippen MR) is 142 cm³/mol. The van der Waals surface area contributed by atoms with Crippen molar-refractivity contribution in [3.63, 3.8) is 0 Å². The Morgan fingerprint density at radius 1 is 1.00 bits per heavy atom. The molecule has 194 valence electrons. The summed E-state index contributed by atoms with van der Waals surface area (Å²) < 4.78 is 17.6. The average Bonchev–Trinajstić information content (AvgIpc) is 3.34. The van der Waals surface area contributed by atoms with Gasteiger partial charge in [-0.15, -0.1) is 0 Å². The Morgan fingerprint density at radius 2 is 1.71 bits per heavy atom. The van der Waals surface area contributed by atoms with Gasteiger partial charge in [-0.3, -0.25) is 0 Å². The number of halogens is 1. The predicted octanol–water partition coefficient (Wildman–Crippen LogP) is 3.37. The van der Waals surface area contributed by atoms with Crippen molar-refractivity contribution in [2.24, 2.45) is 0 Å². The van der Waals surface area contributed by atoms with Crippen molar-refractivity contribution in [2.75, 3.05) is 36.0 Å². The van der Waals surface area contributed by atoms with Crippen LogP contribution in [0.3, 0.4) is 0 Å². The molecule has 11 heteroatoms. The van der Waals surface area contributed by atoms with E-state index in [9.17, 15) is 10.1 Å². The van der Waals surface area contributed by atoms with E-state index in [1.807, 2.05) is 26.2 Å². The van der Waals surface area contributed by atoms with Crippen LogP contribution < -0.4 is 15.5 Å². The maximum atomic E-state index is 15.1. The minimum Gasteiger partial charge on any atom is -0.352 e. The van der Waals surface area contributed by atoms with Crippen LogP contribution in [0.15, 0.2) is 54.0 Å². The lowest BCUT2D eigenvalue weighted by Crippen LogP contribution is -2.47. The lowest BCUT2D eigenvalue weighted by atomic mass is 10.0. The lowest BCUT2D eigenvalue weighted by Gasteiger charge is -2.35. The summed E-state index contributed by atoms with van der Waals surface area (Å²) in [5, 5.41) is 13.9. The van der Waals surface area contributed by atoms with Gasteiger partial charge in [-0.25, -0.2) is 33.4 Å². The largest absolute Gasteiger partial charge is 0.352 e. The number of rotatable bonds is 6. The van der Waals surface area contributed by atoms with Gasteiger partial charge in [0.05, 0.1) is 17.3 Å². The number of aryl methyl sites for hydroxylation is 1. The van der Waals surface area contributed by atoms with Crippen molar-refractivity contribution >= 4 is 11.8 Å². The van der Waals surface area contributed by atoms with Gasteiger partial charge in [-0.2, -0.15) is 10.4 Å². The van der Waals surface area contributed by atoms with Crippen LogP contribution in [-0.2, 0) is 6.42 Å². The Hall–Kier alpha value is -4.59. The number of benzene rings is 1. The highest BCUT2D eigenvalue weighted by atomic mass is 19.1. The summed E-state index contributed by atoms with van der Waals surface area (Å²) >= 11 is 0. The SMILES string of the molecule is CCc1cnc(N2CCN(c3ncc(-c4ccc(-n5cnn(C(C)C)c5=O)c(F)c4)cc3C#N)CC2)nc1. The van der Waals surface area contributed by atoms with Crippen LogP contribution in [0.25, 0.3) is 16.8 Å². The fraction of sp³-hybridized carbons (Fsp3) is 0.333. The molecule has 4 aromatic rings. The molecule has 10 nitrogen and oxygen atoms in total. The van der Waals surface area contributed by atoms with Crippen molar-refractivity contribution in [1.29, 1.82) is 5.26 Å². The van der Waals surface area contributed by atoms with Gasteiger partial charge in [0.25, 0.3) is 0 Å². The summed E-state index contributed by atoms with van der Waals surface area (Å²) in [6, 6.07) is 8.41. The third kappa shape index (κ3) is 4.72. The summed E-state index contributed by atoms with van der Waals surface area (Å²) in [5.41, 5.74) is 2.39. The second-order valence-corrected chi connectivity index (χ2v) is 9.41. The fourth-order valence-electron chi connectivity index (χ4n) is 4.48. The molecule has 1 aromatic carbocycles. The van der Waals surface area contributed by atoms with E-state index in [2.05, 4.69) is 42.8 Å². The Morgan fingerprint density at radius 3 is 2.32 bits per heavy atom. The van der Waals surface area contributed by atoms with Crippen molar-refractivity contribution in [3.05, 3.63) is 76.6 Å². The quantitative estimate of drug-likeness (QED) is 0.386. The van der Waals surface area contributed by atoms with Crippen LogP contribution in [0.5, 0.6) is 0 Å². The van der Waals surface area contributed by atoms with Crippen LogP contribution >= 0.6 is 0 Å². The molecule has 1 aliphatic heterocycles. The zero-order valence-corrected chi connectivity index (χ0v) is 21.5. The third-order valence-electron chi connectivity index (χ3n) is 6.67. The Bertz CT molecular complexity index is 1540. The molecule has 38 heavy (non-hydrogen) atoms. The van der Waals surface area contributed by atoms with E-state index in [4.69, 9.17) is 0 Å². The highest BCUT2D eigenvalue weighted by Gasteiger charge is 2.22. The monoisotopic (exact) mass is 513 g/mol. The van der Waals surface area contributed by atoms with E-state index >= 15 is 4.39 Å². The van der Waals surface area contributed by atoms with E-state index in [0.29, 0.717) is 54.6 Å². The molecule has 5 rings (SSSR count). The first-order valence-corrected chi connectivity index (χ1v) is 12.6. The Labute approximate surface area is 219 Å². The number of nitrogens with zero attached hydrogens (tertiary/aromatic N) is 9. The minimum atomic E-state index is -0.569. The highest BCUT2D eigenvalue weighted by Crippen LogP contribution is 2.28. The molecule has 0 saturated carbocycles. The molecule has 3 aromatic heterocycles. The molecule has 4 heterocycles. The van der Waals surface area contributed by atoms with Gasteiger partial charge in [0, 0.05) is 50.3 Å². The number of piperazine rings is 1. The van der Waals surface area contributed by atoms with Gasteiger partial charge in [-0.05, 0) is 49.6 Å². The van der Waals surface area contributed by atoms with Crippen LogP contribution in [0, 0.1) is 17.1 Å². The molecule has 0 bridgehead atoms. The smallest absolute Gasteiger partial charge is 0.350 e. The fourth-order valence-corrected chi connectivity index (χ4v) is 4.48. The first-order valence-electron chi connectivity index (χ1n) is 12.6. The molecule has 1 aliphatic rings. The van der Waals surface area contributed by atoms with Gasteiger partial charge < -0.3 is 9.80 Å². The van der Waals surface area contributed by atoms with Gasteiger partial charge in [0.1, 0.15) is 24.0 Å². The highest BCUT2D eigenvalue weighted by molar-refractivity contribution is 5.69. The molecule has 1 fully saturated rings. The second kappa shape index (κ2) is 10.4. The molecule has 0 unspecified atom stereocenters. The third-order valence-corrected chi connectivity index (χ3v) is 6.67. The zero-order chi connectivity index (χ0) is 26.8. The van der Waals surface area contributed by atoms with Gasteiger partial charge in [-0.1, -0.05) is 13.0 Å². The van der Waals surface area contributed by atoms with E-state index in [1.54, 1.807) is 18.3 Å². The molecular weight excluding hydrogens is 485 g/mol. The second-order valence-electron chi connectivity index (χ2n) is 9.41. The van der Waals surface area contributed by atoms with Gasteiger partial charge >= 0.3 is 5.69 Å². The number of pyridine rings is 1. The van der Waals surface area contributed by atoms with Crippen molar-refractivity contribution in [2.45, 2.75) is 33.2 Å². The van der Waals surface area contributed by atoms with E-state index in [1.165, 1.54) is 27.7 Å². The van der Waals surface area contributed by atoms with E-state index < -0.39 is 11.5 Å². The minimum absolute atomic E-state index is 0.113. The summed E-state index contributed by atoms with van der Waals surface area (Å²) in [6.45, 7) is 8.49. The first-order chi connectivity index (χ1) is 18.4. The molecule has 0 N–H and O–H groups in total. The molecule has 0 atom stereocenters.